The standard InChI is InChI=1S/C16H12ClNO/c1-19-16-7-5-13(6-8-16)14(11-18)9-12-3-2-4-15(17)10-12/h2-10H,1H3/b14-9+. The highest BCUT2D eigenvalue weighted by Crippen LogP contribution is 2.21. The van der Waals surface area contributed by atoms with Gasteiger partial charge in [-0.25, -0.2) is 0 Å². The number of hydrogen-bond donors (Lipinski definition) is 0. The maximum Gasteiger partial charge on any atom is 0.118 e. The summed E-state index contributed by atoms with van der Waals surface area (Å²) in [7, 11) is 1.61. The van der Waals surface area contributed by atoms with Crippen molar-refractivity contribution in [2.45, 2.75) is 0 Å². The van der Waals surface area contributed by atoms with E-state index in [-0.39, 0.29) is 0 Å². The molecule has 2 aromatic rings. The molecule has 0 saturated heterocycles. The molecule has 0 amide bonds. The SMILES string of the molecule is COc1ccc(/C(C#N)=C/c2cccc(Cl)c2)cc1. The Bertz CT molecular complexity index is 639. The van der Waals surface area contributed by atoms with Crippen LogP contribution < -0.4 is 4.74 Å². The first-order valence-corrected chi connectivity index (χ1v) is 6.12. The van der Waals surface area contributed by atoms with Gasteiger partial charge >= 0.3 is 0 Å². The van der Waals surface area contributed by atoms with Crippen LogP contribution in [-0.2, 0) is 0 Å². The van der Waals surface area contributed by atoms with E-state index < -0.39 is 0 Å². The topological polar surface area (TPSA) is 33.0 Å². The van der Waals surface area contributed by atoms with Crippen molar-refractivity contribution in [1.29, 1.82) is 5.26 Å². The minimum Gasteiger partial charge on any atom is -0.497 e. The van der Waals surface area contributed by atoms with E-state index in [0.717, 1.165) is 16.9 Å². The highest BCUT2D eigenvalue weighted by atomic mass is 35.5. The minimum absolute atomic E-state index is 0.588. The summed E-state index contributed by atoms with van der Waals surface area (Å²) in [5.41, 5.74) is 2.34. The molecule has 0 N–H and O–H groups in total. The normalized spacial score (nSPS) is 10.9. The van der Waals surface area contributed by atoms with Crippen LogP contribution in [-0.4, -0.2) is 7.11 Å². The van der Waals surface area contributed by atoms with Gasteiger partial charge < -0.3 is 4.74 Å². The molecule has 3 heteroatoms. The van der Waals surface area contributed by atoms with Crippen LogP contribution in [0.15, 0.2) is 48.5 Å². The van der Waals surface area contributed by atoms with Gasteiger partial charge in [-0.1, -0.05) is 23.7 Å². The van der Waals surface area contributed by atoms with Crippen molar-refractivity contribution in [2.75, 3.05) is 7.11 Å². The zero-order valence-electron chi connectivity index (χ0n) is 10.4. The third kappa shape index (κ3) is 3.37. The Morgan fingerprint density at radius 1 is 1.21 bits per heavy atom. The van der Waals surface area contributed by atoms with Crippen LogP contribution in [0.1, 0.15) is 11.1 Å². The Kier molecular flexibility index (Phi) is 4.22. The predicted molar refractivity (Wildman–Crippen MR) is 77.9 cm³/mol. The van der Waals surface area contributed by atoms with Crippen LogP contribution in [0.5, 0.6) is 5.75 Å². The molecule has 0 aliphatic heterocycles. The van der Waals surface area contributed by atoms with Gasteiger partial charge in [-0.2, -0.15) is 5.26 Å². The van der Waals surface area contributed by atoms with Crippen molar-refractivity contribution in [3.05, 3.63) is 64.7 Å². The first-order chi connectivity index (χ1) is 9.22. The molecule has 0 bridgehead atoms. The van der Waals surface area contributed by atoms with Gasteiger partial charge in [0.05, 0.1) is 18.8 Å². The minimum atomic E-state index is 0.588. The fourth-order valence-corrected chi connectivity index (χ4v) is 1.91. The average molecular weight is 270 g/mol. The largest absolute Gasteiger partial charge is 0.497 e. The van der Waals surface area contributed by atoms with Gasteiger partial charge in [0.15, 0.2) is 0 Å². The first kappa shape index (κ1) is 13.2. The summed E-state index contributed by atoms with van der Waals surface area (Å²) in [5, 5.41) is 9.91. The third-order valence-electron chi connectivity index (χ3n) is 2.68. The lowest BCUT2D eigenvalue weighted by atomic mass is 10.0. The van der Waals surface area contributed by atoms with Crippen molar-refractivity contribution >= 4 is 23.3 Å². The smallest absolute Gasteiger partial charge is 0.118 e. The summed E-state index contributed by atoms with van der Waals surface area (Å²) < 4.78 is 5.10. The number of nitrogens with zero attached hydrogens (tertiary/aromatic N) is 1. The fraction of sp³-hybridized carbons (Fsp3) is 0.0625. The van der Waals surface area contributed by atoms with Crippen molar-refractivity contribution in [1.82, 2.24) is 0 Å². The van der Waals surface area contributed by atoms with Crippen LogP contribution in [0, 0.1) is 11.3 Å². The van der Waals surface area contributed by atoms with Gasteiger partial charge in [0.2, 0.25) is 0 Å². The molecule has 2 nitrogen and oxygen atoms in total. The first-order valence-electron chi connectivity index (χ1n) is 5.75. The van der Waals surface area contributed by atoms with E-state index >= 15 is 0 Å². The van der Waals surface area contributed by atoms with Crippen LogP contribution >= 0.6 is 11.6 Å². The Hall–Kier alpha value is -2.24. The van der Waals surface area contributed by atoms with Crippen LogP contribution in [0.2, 0.25) is 5.02 Å². The fourth-order valence-electron chi connectivity index (χ4n) is 1.71. The summed E-state index contributed by atoms with van der Waals surface area (Å²) in [6, 6.07) is 17.0. The number of rotatable bonds is 3. The highest BCUT2D eigenvalue weighted by Gasteiger charge is 2.02. The molecule has 0 aromatic heterocycles. The molecular formula is C16H12ClNO. The highest BCUT2D eigenvalue weighted by molar-refractivity contribution is 6.30. The van der Waals surface area contributed by atoms with Gasteiger partial charge in [-0.05, 0) is 53.6 Å². The second-order valence-electron chi connectivity index (χ2n) is 3.95. The summed E-state index contributed by atoms with van der Waals surface area (Å²) in [6.07, 6.45) is 1.81. The molecule has 0 fully saturated rings. The zero-order chi connectivity index (χ0) is 13.7. The molecule has 0 atom stereocenters. The molecule has 2 rings (SSSR count). The van der Waals surface area contributed by atoms with E-state index in [1.165, 1.54) is 0 Å². The Morgan fingerprint density at radius 3 is 2.53 bits per heavy atom. The molecular weight excluding hydrogens is 258 g/mol. The van der Waals surface area contributed by atoms with E-state index in [4.69, 9.17) is 16.3 Å². The summed E-state index contributed by atoms with van der Waals surface area (Å²) in [6.45, 7) is 0. The van der Waals surface area contributed by atoms with Gasteiger partial charge in [0, 0.05) is 5.02 Å². The molecule has 0 unspecified atom stereocenters. The molecule has 94 valence electrons. The van der Waals surface area contributed by atoms with Crippen LogP contribution in [0.4, 0.5) is 0 Å². The number of nitriles is 1. The zero-order valence-corrected chi connectivity index (χ0v) is 11.2. The molecule has 0 aliphatic rings. The number of allylic oxidation sites excluding steroid dienone is 1. The number of methoxy groups -OCH3 is 1. The quantitative estimate of drug-likeness (QED) is 0.611. The van der Waals surface area contributed by atoms with E-state index in [2.05, 4.69) is 6.07 Å². The predicted octanol–water partition coefficient (Wildman–Crippen LogP) is 4.41. The van der Waals surface area contributed by atoms with Gasteiger partial charge in [-0.3, -0.25) is 0 Å². The summed E-state index contributed by atoms with van der Waals surface area (Å²) >= 11 is 5.93. The van der Waals surface area contributed by atoms with Crippen molar-refractivity contribution in [2.24, 2.45) is 0 Å². The lowest BCUT2D eigenvalue weighted by Gasteiger charge is -2.02. The molecule has 0 radical (unpaired) electrons. The van der Waals surface area contributed by atoms with E-state index in [1.807, 2.05) is 48.5 Å². The maximum absolute atomic E-state index is 9.25. The van der Waals surface area contributed by atoms with E-state index in [1.54, 1.807) is 13.2 Å². The average Bonchev–Trinajstić information content (AvgIpc) is 2.45. The Balaban J connectivity index is 2.36. The summed E-state index contributed by atoms with van der Waals surface area (Å²) in [4.78, 5) is 0. The van der Waals surface area contributed by atoms with Crippen molar-refractivity contribution in [3.8, 4) is 11.8 Å². The summed E-state index contributed by atoms with van der Waals surface area (Å²) in [5.74, 6) is 0.767. The lowest BCUT2D eigenvalue weighted by Crippen LogP contribution is -1.85. The maximum atomic E-state index is 9.25. The lowest BCUT2D eigenvalue weighted by molar-refractivity contribution is 0.415. The Labute approximate surface area is 117 Å². The molecule has 2 aromatic carbocycles. The second kappa shape index (κ2) is 6.08. The number of hydrogen-bond acceptors (Lipinski definition) is 2. The van der Waals surface area contributed by atoms with Gasteiger partial charge in [-0.15, -0.1) is 0 Å². The number of ether oxygens (including phenoxy) is 1. The van der Waals surface area contributed by atoms with E-state index in [0.29, 0.717) is 10.6 Å². The molecule has 0 spiro atoms. The van der Waals surface area contributed by atoms with E-state index in [9.17, 15) is 5.26 Å². The molecule has 0 aliphatic carbocycles. The monoisotopic (exact) mass is 269 g/mol. The third-order valence-corrected chi connectivity index (χ3v) is 2.92. The van der Waals surface area contributed by atoms with Gasteiger partial charge in [0.25, 0.3) is 0 Å². The molecule has 19 heavy (non-hydrogen) atoms. The number of halogens is 1. The van der Waals surface area contributed by atoms with Crippen molar-refractivity contribution in [3.63, 3.8) is 0 Å². The molecule has 0 heterocycles. The van der Waals surface area contributed by atoms with Gasteiger partial charge in [0.1, 0.15) is 5.75 Å². The molecule has 0 saturated carbocycles. The number of benzene rings is 2. The Morgan fingerprint density at radius 2 is 1.95 bits per heavy atom. The second-order valence-corrected chi connectivity index (χ2v) is 4.39. The van der Waals surface area contributed by atoms with Crippen molar-refractivity contribution < 1.29 is 4.74 Å². The van der Waals surface area contributed by atoms with Crippen LogP contribution in [0.3, 0.4) is 0 Å². The van der Waals surface area contributed by atoms with Crippen LogP contribution in [0.25, 0.3) is 11.6 Å².